The van der Waals surface area contributed by atoms with Gasteiger partial charge in [-0.2, -0.15) is 0 Å². The third-order valence-electron chi connectivity index (χ3n) is 3.89. The van der Waals surface area contributed by atoms with Crippen LogP contribution < -0.4 is 10.2 Å². The van der Waals surface area contributed by atoms with Gasteiger partial charge in [-0.3, -0.25) is 24.2 Å². The number of anilines is 1. The zero-order valence-corrected chi connectivity index (χ0v) is 14.2. The summed E-state index contributed by atoms with van der Waals surface area (Å²) in [7, 11) is 1.30. The van der Waals surface area contributed by atoms with Crippen LogP contribution in [-0.2, 0) is 19.1 Å². The summed E-state index contributed by atoms with van der Waals surface area (Å²) in [6, 6.07) is 7.65. The van der Waals surface area contributed by atoms with Gasteiger partial charge in [-0.15, -0.1) is 0 Å². The number of carbonyl (C=O) groups excluding carboxylic acids is 4. The lowest BCUT2D eigenvalue weighted by Crippen LogP contribution is -2.41. The maximum Gasteiger partial charge on any atom is 0.332 e. The molecule has 1 atom stereocenters. The molecule has 1 aromatic rings. The van der Waals surface area contributed by atoms with Crippen LogP contribution in [0.4, 0.5) is 10.5 Å². The summed E-state index contributed by atoms with van der Waals surface area (Å²) < 4.78 is 4.50. The first-order chi connectivity index (χ1) is 12.0. The predicted molar refractivity (Wildman–Crippen MR) is 89.8 cm³/mol. The molecule has 8 nitrogen and oxygen atoms in total. The number of nitrogens with zero attached hydrogens (tertiary/aromatic N) is 2. The average molecular weight is 347 g/mol. The van der Waals surface area contributed by atoms with Crippen LogP contribution in [-0.4, -0.2) is 55.0 Å². The van der Waals surface area contributed by atoms with Gasteiger partial charge >= 0.3 is 12.0 Å². The molecule has 1 fully saturated rings. The molecule has 0 bridgehead atoms. The molecular weight excluding hydrogens is 326 g/mol. The Hall–Kier alpha value is -2.90. The van der Waals surface area contributed by atoms with Crippen molar-refractivity contribution in [2.45, 2.75) is 25.8 Å². The van der Waals surface area contributed by atoms with E-state index in [9.17, 15) is 19.2 Å². The van der Waals surface area contributed by atoms with E-state index in [4.69, 9.17) is 0 Å². The Bertz CT molecular complexity index is 662. The molecule has 4 amide bonds. The van der Waals surface area contributed by atoms with E-state index >= 15 is 0 Å². The number of para-hydroxylation sites is 1. The lowest BCUT2D eigenvalue weighted by atomic mass is 10.2. The molecule has 1 heterocycles. The predicted octanol–water partition coefficient (Wildman–Crippen LogP) is 0.913. The Morgan fingerprint density at radius 3 is 2.52 bits per heavy atom. The van der Waals surface area contributed by atoms with Crippen LogP contribution in [0.2, 0.25) is 0 Å². The lowest BCUT2D eigenvalue weighted by molar-refractivity contribution is -0.140. The summed E-state index contributed by atoms with van der Waals surface area (Å²) in [6.07, 6.45) is 0.615. The fraction of sp³-hybridized carbons (Fsp3) is 0.412. The number of ether oxygens (including phenoxy) is 1. The van der Waals surface area contributed by atoms with Gasteiger partial charge in [0.1, 0.15) is 12.6 Å². The molecule has 0 aliphatic carbocycles. The van der Waals surface area contributed by atoms with Gasteiger partial charge in [0.2, 0.25) is 5.91 Å². The summed E-state index contributed by atoms with van der Waals surface area (Å²) in [5.41, 5.74) is 0.606. The van der Waals surface area contributed by atoms with Crippen LogP contribution in [0.5, 0.6) is 0 Å². The fourth-order valence-corrected chi connectivity index (χ4v) is 2.56. The van der Waals surface area contributed by atoms with Gasteiger partial charge < -0.3 is 10.1 Å². The standard InChI is InChI=1S/C17H21N3O5/c1-12-16(23)19(11-14(21)18-10-6-9-15(22)25-2)17(24)20(12)13-7-4-3-5-8-13/h3-5,7-8,12H,6,9-11H2,1-2H3,(H,18,21)/t12-/m1/s1. The zero-order valence-electron chi connectivity index (χ0n) is 14.2. The summed E-state index contributed by atoms with van der Waals surface area (Å²) in [6.45, 7) is 1.55. The minimum Gasteiger partial charge on any atom is -0.469 e. The van der Waals surface area contributed by atoms with Gasteiger partial charge in [0, 0.05) is 18.7 Å². The monoisotopic (exact) mass is 347 g/mol. The Balaban J connectivity index is 1.91. The first-order valence-electron chi connectivity index (χ1n) is 7.99. The van der Waals surface area contributed by atoms with E-state index in [1.54, 1.807) is 31.2 Å². The molecule has 25 heavy (non-hydrogen) atoms. The molecule has 1 aliphatic rings. The molecule has 2 rings (SSSR count). The SMILES string of the molecule is COC(=O)CCCNC(=O)CN1C(=O)[C@@H](C)N(c2ccccc2)C1=O. The molecule has 8 heteroatoms. The van der Waals surface area contributed by atoms with Gasteiger partial charge in [-0.05, 0) is 25.5 Å². The molecule has 0 unspecified atom stereocenters. The fourth-order valence-electron chi connectivity index (χ4n) is 2.56. The lowest BCUT2D eigenvalue weighted by Gasteiger charge is -2.19. The number of urea groups is 1. The molecule has 1 saturated heterocycles. The van der Waals surface area contributed by atoms with Crippen molar-refractivity contribution < 1.29 is 23.9 Å². The number of benzene rings is 1. The molecule has 1 aliphatic heterocycles. The number of imide groups is 1. The number of amides is 4. The zero-order chi connectivity index (χ0) is 18.4. The van der Waals surface area contributed by atoms with E-state index in [0.717, 1.165) is 4.90 Å². The molecule has 0 spiro atoms. The third kappa shape index (κ3) is 4.34. The number of nitrogens with one attached hydrogen (secondary N) is 1. The van der Waals surface area contributed by atoms with Crippen molar-refractivity contribution in [3.8, 4) is 0 Å². The molecule has 0 radical (unpaired) electrons. The van der Waals surface area contributed by atoms with Crippen molar-refractivity contribution in [1.82, 2.24) is 10.2 Å². The number of carbonyl (C=O) groups is 4. The number of hydrogen-bond donors (Lipinski definition) is 1. The van der Waals surface area contributed by atoms with Crippen LogP contribution in [0.15, 0.2) is 30.3 Å². The smallest absolute Gasteiger partial charge is 0.332 e. The van der Waals surface area contributed by atoms with Gasteiger partial charge in [0.25, 0.3) is 5.91 Å². The van der Waals surface area contributed by atoms with Crippen molar-refractivity contribution in [2.24, 2.45) is 0 Å². The molecule has 1 aromatic carbocycles. The Kier molecular flexibility index (Phi) is 6.10. The highest BCUT2D eigenvalue weighted by Crippen LogP contribution is 2.25. The molecular formula is C17H21N3O5. The van der Waals surface area contributed by atoms with Crippen LogP contribution in [0.25, 0.3) is 0 Å². The second-order valence-electron chi connectivity index (χ2n) is 5.62. The van der Waals surface area contributed by atoms with Crippen molar-refractivity contribution in [3.05, 3.63) is 30.3 Å². The average Bonchev–Trinajstić information content (AvgIpc) is 2.82. The highest BCUT2D eigenvalue weighted by Gasteiger charge is 2.43. The van der Waals surface area contributed by atoms with E-state index in [-0.39, 0.29) is 25.5 Å². The Morgan fingerprint density at radius 2 is 1.88 bits per heavy atom. The Labute approximate surface area is 145 Å². The van der Waals surface area contributed by atoms with E-state index in [1.165, 1.54) is 12.0 Å². The summed E-state index contributed by atoms with van der Waals surface area (Å²) >= 11 is 0. The highest BCUT2D eigenvalue weighted by molar-refractivity contribution is 6.15. The van der Waals surface area contributed by atoms with Crippen LogP contribution in [0, 0.1) is 0 Å². The summed E-state index contributed by atoms with van der Waals surface area (Å²) in [5.74, 6) is -1.22. The number of rotatable bonds is 7. The molecule has 134 valence electrons. The Morgan fingerprint density at radius 1 is 1.20 bits per heavy atom. The second-order valence-corrected chi connectivity index (χ2v) is 5.62. The first kappa shape index (κ1) is 18.4. The number of methoxy groups -OCH3 is 1. The van der Waals surface area contributed by atoms with E-state index in [1.807, 2.05) is 6.07 Å². The molecule has 1 N–H and O–H groups in total. The van der Waals surface area contributed by atoms with Crippen molar-refractivity contribution in [1.29, 1.82) is 0 Å². The maximum atomic E-state index is 12.5. The van der Waals surface area contributed by atoms with Crippen LogP contribution in [0.1, 0.15) is 19.8 Å². The highest BCUT2D eigenvalue weighted by atomic mass is 16.5. The van der Waals surface area contributed by atoms with E-state index in [0.29, 0.717) is 12.1 Å². The maximum absolute atomic E-state index is 12.5. The van der Waals surface area contributed by atoms with E-state index in [2.05, 4.69) is 10.1 Å². The quantitative estimate of drug-likeness (QED) is 0.449. The van der Waals surface area contributed by atoms with E-state index < -0.39 is 23.9 Å². The van der Waals surface area contributed by atoms with Gasteiger partial charge in [-0.1, -0.05) is 18.2 Å². The first-order valence-corrected chi connectivity index (χ1v) is 7.99. The number of hydrogen-bond acceptors (Lipinski definition) is 5. The van der Waals surface area contributed by atoms with Crippen LogP contribution in [0.3, 0.4) is 0 Å². The molecule has 0 aromatic heterocycles. The minimum atomic E-state index is -0.665. The van der Waals surface area contributed by atoms with Crippen molar-refractivity contribution >= 4 is 29.5 Å². The molecule has 0 saturated carbocycles. The van der Waals surface area contributed by atoms with Gasteiger partial charge in [-0.25, -0.2) is 4.79 Å². The van der Waals surface area contributed by atoms with Crippen molar-refractivity contribution in [2.75, 3.05) is 25.1 Å². The largest absolute Gasteiger partial charge is 0.469 e. The normalized spacial score (nSPS) is 17.0. The van der Waals surface area contributed by atoms with Crippen molar-refractivity contribution in [3.63, 3.8) is 0 Å². The van der Waals surface area contributed by atoms with Gasteiger partial charge in [0.05, 0.1) is 7.11 Å². The summed E-state index contributed by atoms with van der Waals surface area (Å²) in [5, 5.41) is 2.59. The number of esters is 1. The minimum absolute atomic E-state index is 0.192. The van der Waals surface area contributed by atoms with Crippen LogP contribution >= 0.6 is 0 Å². The topological polar surface area (TPSA) is 96.0 Å². The van der Waals surface area contributed by atoms with Gasteiger partial charge in [0.15, 0.2) is 0 Å². The second kappa shape index (κ2) is 8.27. The third-order valence-corrected chi connectivity index (χ3v) is 3.89. The summed E-state index contributed by atoms with van der Waals surface area (Å²) in [4.78, 5) is 50.1.